The molecule has 0 amide bonds. The Morgan fingerprint density at radius 2 is 1.87 bits per heavy atom. The lowest BCUT2D eigenvalue weighted by Crippen LogP contribution is -2.20. The second kappa shape index (κ2) is 10.2. The van der Waals surface area contributed by atoms with E-state index in [0.29, 0.717) is 5.56 Å². The average Bonchev–Trinajstić information content (AvgIpc) is 2.70. The van der Waals surface area contributed by atoms with Crippen molar-refractivity contribution in [3.8, 4) is 5.75 Å². The number of hydrogen-bond donors (Lipinski definition) is 0. The van der Waals surface area contributed by atoms with Gasteiger partial charge in [0.15, 0.2) is 0 Å². The van der Waals surface area contributed by atoms with Gasteiger partial charge in [0.05, 0.1) is 24.3 Å². The number of nitrogens with zero attached hydrogens (tertiary/aromatic N) is 1. The van der Waals surface area contributed by atoms with Crippen molar-refractivity contribution in [2.45, 2.75) is 13.3 Å². The molecule has 0 aliphatic carbocycles. The van der Waals surface area contributed by atoms with Gasteiger partial charge in [-0.15, -0.1) is 0 Å². The normalized spacial score (nSPS) is 11.2. The lowest BCUT2D eigenvalue weighted by Gasteiger charge is -2.14. The van der Waals surface area contributed by atoms with Crippen molar-refractivity contribution in [3.63, 3.8) is 0 Å². The summed E-state index contributed by atoms with van der Waals surface area (Å²) in [4.78, 5) is 26.7. The monoisotopic (exact) mass is 437 g/mol. The Bertz CT molecular complexity index is 989. The van der Waals surface area contributed by atoms with Gasteiger partial charge in [0.25, 0.3) is 0 Å². The molecule has 0 fully saturated rings. The highest BCUT2D eigenvalue weighted by molar-refractivity contribution is 6.30. The van der Waals surface area contributed by atoms with Gasteiger partial charge in [-0.2, -0.15) is 0 Å². The Hall–Kier alpha value is -2.93. The molecule has 8 heteroatoms. The summed E-state index contributed by atoms with van der Waals surface area (Å²) >= 11 is 5.83. The van der Waals surface area contributed by atoms with Crippen LogP contribution in [0, 0.1) is 11.6 Å². The van der Waals surface area contributed by atoms with Crippen molar-refractivity contribution in [1.29, 1.82) is 0 Å². The van der Waals surface area contributed by atoms with Gasteiger partial charge in [-0.3, -0.25) is 4.79 Å². The van der Waals surface area contributed by atoms with Crippen LogP contribution in [0.5, 0.6) is 5.75 Å². The summed E-state index contributed by atoms with van der Waals surface area (Å²) in [7, 11) is 4.57. The predicted molar refractivity (Wildman–Crippen MR) is 110 cm³/mol. The number of carbonyl (C=O) groups excluding carboxylic acids is 2. The summed E-state index contributed by atoms with van der Waals surface area (Å²) in [6.45, 7) is 1.66. The van der Waals surface area contributed by atoms with Crippen LogP contribution in [0.1, 0.15) is 28.4 Å². The summed E-state index contributed by atoms with van der Waals surface area (Å²) in [5.74, 6) is -3.07. The molecule has 0 atom stereocenters. The van der Waals surface area contributed by atoms with E-state index in [4.69, 9.17) is 21.1 Å². The van der Waals surface area contributed by atoms with Crippen molar-refractivity contribution >= 4 is 23.4 Å². The van der Waals surface area contributed by atoms with Crippen molar-refractivity contribution in [2.75, 3.05) is 27.8 Å². The molecule has 2 aromatic carbocycles. The second-order valence-corrected chi connectivity index (χ2v) is 7.00. The van der Waals surface area contributed by atoms with E-state index >= 15 is 0 Å². The van der Waals surface area contributed by atoms with Gasteiger partial charge < -0.3 is 14.4 Å². The van der Waals surface area contributed by atoms with E-state index in [1.54, 1.807) is 27.1 Å². The van der Waals surface area contributed by atoms with Crippen molar-refractivity contribution in [2.24, 2.45) is 0 Å². The first-order chi connectivity index (χ1) is 14.2. The van der Waals surface area contributed by atoms with Gasteiger partial charge in [-0.05, 0) is 30.2 Å². The Balaban J connectivity index is 2.55. The molecule has 0 aliphatic heterocycles. The van der Waals surface area contributed by atoms with Crippen LogP contribution in [0.25, 0.3) is 0 Å². The predicted octanol–water partition coefficient (Wildman–Crippen LogP) is 4.41. The first-order valence-corrected chi connectivity index (χ1v) is 9.46. The van der Waals surface area contributed by atoms with E-state index in [0.717, 1.165) is 6.07 Å². The minimum atomic E-state index is -0.874. The van der Waals surface area contributed by atoms with Crippen molar-refractivity contribution < 1.29 is 27.8 Å². The molecule has 0 N–H and O–H groups in total. The van der Waals surface area contributed by atoms with Gasteiger partial charge >= 0.3 is 5.97 Å². The third-order valence-electron chi connectivity index (χ3n) is 4.15. The Kier molecular flexibility index (Phi) is 7.94. The highest BCUT2D eigenvalue weighted by atomic mass is 35.5. The van der Waals surface area contributed by atoms with Crippen molar-refractivity contribution in [1.82, 2.24) is 4.90 Å². The summed E-state index contributed by atoms with van der Waals surface area (Å²) in [5.41, 5.74) is -0.0723. The number of Topliss-reactive ketones (excluding diaryl/α,β-unsaturated/α-hetero) is 1. The molecule has 2 aromatic rings. The van der Waals surface area contributed by atoms with Crippen LogP contribution in [0.2, 0.25) is 5.02 Å². The zero-order valence-corrected chi connectivity index (χ0v) is 17.8. The van der Waals surface area contributed by atoms with Crippen LogP contribution in [0.4, 0.5) is 8.78 Å². The van der Waals surface area contributed by atoms with E-state index in [1.807, 2.05) is 0 Å². The molecule has 5 nitrogen and oxygen atoms in total. The summed E-state index contributed by atoms with van der Waals surface area (Å²) < 4.78 is 39.2. The molecule has 0 saturated heterocycles. The molecule has 0 bridgehead atoms. The number of esters is 1. The number of carbonyl (C=O) groups is 2. The van der Waals surface area contributed by atoms with E-state index in [9.17, 15) is 18.4 Å². The first-order valence-electron chi connectivity index (χ1n) is 9.08. The molecule has 0 aliphatic rings. The molecule has 0 spiro atoms. The van der Waals surface area contributed by atoms with Crippen LogP contribution in [-0.2, 0) is 16.0 Å². The topological polar surface area (TPSA) is 55.8 Å². The fraction of sp³-hybridized carbons (Fsp3) is 0.273. The van der Waals surface area contributed by atoms with Crippen molar-refractivity contribution in [3.05, 3.63) is 75.5 Å². The fourth-order valence-corrected chi connectivity index (χ4v) is 3.00. The van der Waals surface area contributed by atoms with Gasteiger partial charge in [-0.1, -0.05) is 23.7 Å². The molecular formula is C22H22ClF2NO4. The quantitative estimate of drug-likeness (QED) is 0.201. The molecule has 0 saturated carbocycles. The zero-order valence-electron chi connectivity index (χ0n) is 17.1. The molecule has 0 unspecified atom stereocenters. The van der Waals surface area contributed by atoms with E-state index in [-0.39, 0.29) is 40.5 Å². The maximum Gasteiger partial charge on any atom is 0.343 e. The van der Waals surface area contributed by atoms with E-state index in [1.165, 1.54) is 36.4 Å². The molecule has 160 valence electrons. The average molecular weight is 438 g/mol. The number of halogens is 3. The van der Waals surface area contributed by atoms with Gasteiger partial charge in [0.2, 0.25) is 5.78 Å². The van der Waals surface area contributed by atoms with Crippen LogP contribution in [0.15, 0.2) is 42.1 Å². The minimum Gasteiger partial charge on any atom is -0.496 e. The smallest absolute Gasteiger partial charge is 0.343 e. The SMILES string of the molecule is CCOC(=O)/C(=C\N(C)C)C(=O)c1cc(Cc2cccc(Cl)c2F)c(OC)cc1F. The maximum absolute atomic E-state index is 14.7. The number of rotatable bonds is 8. The molecule has 2 rings (SSSR count). The number of methoxy groups -OCH3 is 1. The minimum absolute atomic E-state index is 0.00224. The number of benzene rings is 2. The van der Waals surface area contributed by atoms with Gasteiger partial charge in [-0.25, -0.2) is 13.6 Å². The third kappa shape index (κ3) is 5.36. The standard InChI is InChI=1S/C22H22ClF2NO4/c1-5-30-22(28)16(12-26(2)3)21(27)15-10-14(19(29-4)11-18(15)24)9-13-7-6-8-17(23)20(13)25/h6-8,10-12H,5,9H2,1-4H3/b16-12-. The molecule has 0 radical (unpaired) electrons. The lowest BCUT2D eigenvalue weighted by atomic mass is 9.96. The highest BCUT2D eigenvalue weighted by Gasteiger charge is 2.26. The number of ketones is 1. The van der Waals surface area contributed by atoms with E-state index < -0.39 is 23.4 Å². The van der Waals surface area contributed by atoms with E-state index in [2.05, 4.69) is 0 Å². The maximum atomic E-state index is 14.7. The molecule has 0 aromatic heterocycles. The largest absolute Gasteiger partial charge is 0.496 e. The number of ether oxygens (including phenoxy) is 2. The highest BCUT2D eigenvalue weighted by Crippen LogP contribution is 2.29. The van der Waals surface area contributed by atoms with Gasteiger partial charge in [0, 0.05) is 32.8 Å². The summed E-state index contributed by atoms with van der Waals surface area (Å²) in [5, 5.41) is -0.0524. The van der Waals surface area contributed by atoms with Gasteiger partial charge in [0.1, 0.15) is 23.0 Å². The van der Waals surface area contributed by atoms with Crippen LogP contribution < -0.4 is 4.74 Å². The molecular weight excluding hydrogens is 416 g/mol. The third-order valence-corrected chi connectivity index (χ3v) is 4.45. The number of hydrogen-bond acceptors (Lipinski definition) is 5. The fourth-order valence-electron chi connectivity index (χ4n) is 2.81. The van der Waals surface area contributed by atoms with Crippen LogP contribution in [0.3, 0.4) is 0 Å². The second-order valence-electron chi connectivity index (χ2n) is 6.59. The van der Waals surface area contributed by atoms with Crippen LogP contribution >= 0.6 is 11.6 Å². The molecule has 30 heavy (non-hydrogen) atoms. The first kappa shape index (κ1) is 23.3. The summed E-state index contributed by atoms with van der Waals surface area (Å²) in [6.07, 6.45) is 1.27. The van der Waals surface area contributed by atoms with Crippen LogP contribution in [-0.4, -0.2) is 44.5 Å². The lowest BCUT2D eigenvalue weighted by molar-refractivity contribution is -0.138. The Morgan fingerprint density at radius 3 is 2.47 bits per heavy atom. The summed E-state index contributed by atoms with van der Waals surface area (Å²) in [6, 6.07) is 6.81. The zero-order chi connectivity index (χ0) is 22.4. The Labute approximate surface area is 178 Å². The Morgan fingerprint density at radius 1 is 1.17 bits per heavy atom. The molecule has 0 heterocycles.